The Morgan fingerprint density at radius 2 is 2.00 bits per heavy atom. The van der Waals surface area contributed by atoms with Gasteiger partial charge >= 0.3 is 5.97 Å². The van der Waals surface area contributed by atoms with E-state index >= 15 is 0 Å². The molecule has 1 rings (SSSR count). The molecule has 0 heterocycles. The molecule has 2 N–H and O–H groups in total. The van der Waals surface area contributed by atoms with Crippen molar-refractivity contribution in [3.05, 3.63) is 23.3 Å². The lowest BCUT2D eigenvalue weighted by Crippen LogP contribution is -2.25. The molecule has 0 bridgehead atoms. The number of carbonyl (C=O) groups excluding carboxylic acids is 1. The second-order valence-electron chi connectivity index (χ2n) is 3.79. The van der Waals surface area contributed by atoms with Crippen LogP contribution in [0.5, 0.6) is 11.5 Å². The van der Waals surface area contributed by atoms with Gasteiger partial charge in [-0.1, -0.05) is 0 Å². The van der Waals surface area contributed by atoms with Gasteiger partial charge in [0.15, 0.2) is 0 Å². The molecule has 100 valence electrons. The van der Waals surface area contributed by atoms with Crippen molar-refractivity contribution < 1.29 is 19.0 Å². The summed E-state index contributed by atoms with van der Waals surface area (Å²) in [5.74, 6) is 0.709. The first-order valence-electron chi connectivity index (χ1n) is 5.69. The summed E-state index contributed by atoms with van der Waals surface area (Å²) in [6, 6.07) is 2.64. The summed E-state index contributed by atoms with van der Waals surface area (Å²) in [4.78, 5) is 11.7. The summed E-state index contributed by atoms with van der Waals surface area (Å²) in [5, 5.41) is 0. The zero-order valence-corrected chi connectivity index (χ0v) is 11.1. The molecule has 0 amide bonds. The number of rotatable bonds is 5. The molecule has 5 heteroatoms. The molecule has 0 aliphatic heterocycles. The third-order valence-electron chi connectivity index (χ3n) is 2.63. The molecule has 1 atom stereocenters. The number of ether oxygens (including phenoxy) is 3. The van der Waals surface area contributed by atoms with E-state index in [-0.39, 0.29) is 0 Å². The van der Waals surface area contributed by atoms with Gasteiger partial charge in [-0.15, -0.1) is 0 Å². The topological polar surface area (TPSA) is 70.8 Å². The second-order valence-corrected chi connectivity index (χ2v) is 3.79. The normalized spacial score (nSPS) is 11.8. The summed E-state index contributed by atoms with van der Waals surface area (Å²) in [6.45, 7) is 3.88. The van der Waals surface area contributed by atoms with Crippen molar-refractivity contribution in [3.63, 3.8) is 0 Å². The standard InChI is InChI=1S/C13H19NO4/c1-5-18-13(15)12(14)11-8(2)6-9(16-3)7-10(11)17-4/h6-7,12H,5,14H2,1-4H3. The van der Waals surface area contributed by atoms with Crippen LogP contribution in [-0.2, 0) is 9.53 Å². The lowest BCUT2D eigenvalue weighted by atomic mass is 10.00. The Balaban J connectivity index is 3.18. The van der Waals surface area contributed by atoms with Gasteiger partial charge in [-0.05, 0) is 25.5 Å². The molecule has 0 saturated heterocycles. The van der Waals surface area contributed by atoms with E-state index < -0.39 is 12.0 Å². The van der Waals surface area contributed by atoms with Crippen molar-refractivity contribution in [2.24, 2.45) is 5.73 Å². The molecule has 0 fully saturated rings. The quantitative estimate of drug-likeness (QED) is 0.807. The highest BCUT2D eigenvalue weighted by Crippen LogP contribution is 2.32. The minimum atomic E-state index is -0.856. The van der Waals surface area contributed by atoms with Crippen LogP contribution in [0.15, 0.2) is 12.1 Å². The highest BCUT2D eigenvalue weighted by molar-refractivity contribution is 5.79. The lowest BCUT2D eigenvalue weighted by molar-refractivity contribution is -0.144. The van der Waals surface area contributed by atoms with Crippen LogP contribution in [0.3, 0.4) is 0 Å². The highest BCUT2D eigenvalue weighted by Gasteiger charge is 2.23. The summed E-state index contributed by atoms with van der Waals surface area (Å²) in [7, 11) is 3.09. The van der Waals surface area contributed by atoms with Crippen molar-refractivity contribution >= 4 is 5.97 Å². The van der Waals surface area contributed by atoms with Crippen LogP contribution in [-0.4, -0.2) is 26.8 Å². The second kappa shape index (κ2) is 6.26. The Hall–Kier alpha value is -1.75. The van der Waals surface area contributed by atoms with Crippen molar-refractivity contribution in [3.8, 4) is 11.5 Å². The Labute approximate surface area is 107 Å². The van der Waals surface area contributed by atoms with E-state index in [0.29, 0.717) is 23.7 Å². The fraction of sp³-hybridized carbons (Fsp3) is 0.462. The monoisotopic (exact) mass is 253 g/mol. The average molecular weight is 253 g/mol. The van der Waals surface area contributed by atoms with Gasteiger partial charge in [0.25, 0.3) is 0 Å². The van der Waals surface area contributed by atoms with Crippen molar-refractivity contribution in [2.75, 3.05) is 20.8 Å². The smallest absolute Gasteiger partial charge is 0.327 e. The van der Waals surface area contributed by atoms with Crippen LogP contribution >= 0.6 is 0 Å². The highest BCUT2D eigenvalue weighted by atomic mass is 16.5. The molecule has 1 aromatic rings. The minimum Gasteiger partial charge on any atom is -0.497 e. The van der Waals surface area contributed by atoms with Gasteiger partial charge in [0.1, 0.15) is 17.5 Å². The Bertz CT molecular complexity index is 431. The number of aryl methyl sites for hydroxylation is 1. The van der Waals surface area contributed by atoms with E-state index in [2.05, 4.69) is 0 Å². The maximum atomic E-state index is 11.7. The lowest BCUT2D eigenvalue weighted by Gasteiger charge is -2.18. The van der Waals surface area contributed by atoms with Crippen LogP contribution in [0.2, 0.25) is 0 Å². The molecule has 0 aliphatic rings. The molecular formula is C13H19NO4. The number of hydrogen-bond acceptors (Lipinski definition) is 5. The molecule has 5 nitrogen and oxygen atoms in total. The van der Waals surface area contributed by atoms with Gasteiger partial charge < -0.3 is 19.9 Å². The zero-order valence-electron chi connectivity index (χ0n) is 11.1. The van der Waals surface area contributed by atoms with E-state index in [9.17, 15) is 4.79 Å². The fourth-order valence-corrected chi connectivity index (χ4v) is 1.77. The Kier molecular flexibility index (Phi) is 4.97. The number of benzene rings is 1. The third-order valence-corrected chi connectivity index (χ3v) is 2.63. The van der Waals surface area contributed by atoms with Crippen LogP contribution in [0.25, 0.3) is 0 Å². The van der Waals surface area contributed by atoms with E-state index in [1.165, 1.54) is 7.11 Å². The molecule has 1 aromatic carbocycles. The van der Waals surface area contributed by atoms with Crippen molar-refractivity contribution in [2.45, 2.75) is 19.9 Å². The van der Waals surface area contributed by atoms with Crippen LogP contribution in [0.4, 0.5) is 0 Å². The summed E-state index contributed by atoms with van der Waals surface area (Å²) < 4.78 is 15.3. The molecule has 1 unspecified atom stereocenters. The maximum Gasteiger partial charge on any atom is 0.327 e. The minimum absolute atomic E-state index is 0.296. The number of nitrogens with two attached hydrogens (primary N) is 1. The molecule has 0 aliphatic carbocycles. The first-order valence-corrected chi connectivity index (χ1v) is 5.69. The molecule has 18 heavy (non-hydrogen) atoms. The number of esters is 1. The van der Waals surface area contributed by atoms with E-state index in [0.717, 1.165) is 5.56 Å². The summed E-state index contributed by atoms with van der Waals surface area (Å²) in [6.07, 6.45) is 0. The Morgan fingerprint density at radius 1 is 1.33 bits per heavy atom. The first kappa shape index (κ1) is 14.3. The maximum absolute atomic E-state index is 11.7. The van der Waals surface area contributed by atoms with E-state index in [1.54, 1.807) is 26.2 Å². The largest absolute Gasteiger partial charge is 0.497 e. The molecule has 0 aromatic heterocycles. The predicted octanol–water partition coefficient (Wildman–Crippen LogP) is 1.58. The zero-order chi connectivity index (χ0) is 13.7. The average Bonchev–Trinajstić information content (AvgIpc) is 2.37. The predicted molar refractivity (Wildman–Crippen MR) is 67.8 cm³/mol. The van der Waals surface area contributed by atoms with Gasteiger partial charge in [-0.3, -0.25) is 0 Å². The van der Waals surface area contributed by atoms with Crippen LogP contribution in [0.1, 0.15) is 24.1 Å². The van der Waals surface area contributed by atoms with Gasteiger partial charge in [0.2, 0.25) is 0 Å². The van der Waals surface area contributed by atoms with Crippen LogP contribution in [0, 0.1) is 6.92 Å². The third kappa shape index (κ3) is 2.92. The number of hydrogen-bond donors (Lipinski definition) is 1. The van der Waals surface area contributed by atoms with E-state index in [1.807, 2.05) is 6.92 Å². The molecular weight excluding hydrogens is 234 g/mol. The van der Waals surface area contributed by atoms with Gasteiger partial charge in [-0.25, -0.2) is 4.79 Å². The molecule has 0 radical (unpaired) electrons. The molecule has 0 spiro atoms. The first-order chi connectivity index (χ1) is 8.54. The number of methoxy groups -OCH3 is 2. The van der Waals surface area contributed by atoms with Gasteiger partial charge in [-0.2, -0.15) is 0 Å². The Morgan fingerprint density at radius 3 is 2.50 bits per heavy atom. The van der Waals surface area contributed by atoms with E-state index in [4.69, 9.17) is 19.9 Å². The number of carbonyl (C=O) groups is 1. The fourth-order valence-electron chi connectivity index (χ4n) is 1.77. The van der Waals surface area contributed by atoms with Crippen molar-refractivity contribution in [1.82, 2.24) is 0 Å². The van der Waals surface area contributed by atoms with Crippen LogP contribution < -0.4 is 15.2 Å². The SMILES string of the molecule is CCOC(=O)C(N)c1c(C)cc(OC)cc1OC. The van der Waals surface area contributed by atoms with Crippen molar-refractivity contribution in [1.29, 1.82) is 0 Å². The van der Waals surface area contributed by atoms with Gasteiger partial charge in [0.05, 0.1) is 20.8 Å². The van der Waals surface area contributed by atoms with Gasteiger partial charge in [0, 0.05) is 11.6 Å². The summed E-state index contributed by atoms with van der Waals surface area (Å²) in [5.41, 5.74) is 7.35. The summed E-state index contributed by atoms with van der Waals surface area (Å²) >= 11 is 0. The molecule has 0 saturated carbocycles.